The molecule has 0 spiro atoms. The van der Waals surface area contributed by atoms with E-state index in [4.69, 9.17) is 0 Å². The Balaban J connectivity index is 1.65. The largest absolute Gasteiger partial charge is 0.368 e. The van der Waals surface area contributed by atoms with Crippen LogP contribution in [0.2, 0.25) is 0 Å². The molecule has 1 saturated heterocycles. The smallest absolute Gasteiger partial charge is 0.264 e. The summed E-state index contributed by atoms with van der Waals surface area (Å²) in [5, 5.41) is 9.27. The van der Waals surface area contributed by atoms with Crippen molar-refractivity contribution in [1.82, 2.24) is 9.88 Å². The lowest BCUT2D eigenvalue weighted by Gasteiger charge is -2.36. The summed E-state index contributed by atoms with van der Waals surface area (Å²) in [5.74, 6) is -0.199. The van der Waals surface area contributed by atoms with Crippen molar-refractivity contribution in [2.45, 2.75) is 0 Å². The average molecular weight is 306 g/mol. The molecular formula is C18H18N4O. The van der Waals surface area contributed by atoms with E-state index in [0.717, 1.165) is 18.8 Å². The third-order valence-electron chi connectivity index (χ3n) is 3.96. The fraction of sp³-hybridized carbons (Fsp3) is 0.222. The Kier molecular flexibility index (Phi) is 4.44. The number of rotatable bonds is 3. The summed E-state index contributed by atoms with van der Waals surface area (Å²) in [6.45, 7) is 2.79. The monoisotopic (exact) mass is 306 g/mol. The Morgan fingerprint density at radius 3 is 2.43 bits per heavy atom. The summed E-state index contributed by atoms with van der Waals surface area (Å²) in [4.78, 5) is 19.5. The molecule has 0 radical (unpaired) electrons. The van der Waals surface area contributed by atoms with Crippen LogP contribution in [-0.2, 0) is 4.79 Å². The van der Waals surface area contributed by atoms with Crippen LogP contribution >= 0.6 is 0 Å². The Labute approximate surface area is 135 Å². The summed E-state index contributed by atoms with van der Waals surface area (Å²) in [7, 11) is 0. The summed E-state index contributed by atoms with van der Waals surface area (Å²) in [6.07, 6.45) is 3.37. The molecule has 2 aromatic rings. The van der Waals surface area contributed by atoms with E-state index in [0.29, 0.717) is 13.1 Å². The molecule has 0 atom stereocenters. The minimum Gasteiger partial charge on any atom is -0.368 e. The van der Waals surface area contributed by atoms with E-state index in [2.05, 4.69) is 22.0 Å². The molecule has 5 heteroatoms. The predicted octanol–water partition coefficient (Wildman–Crippen LogP) is 2.27. The van der Waals surface area contributed by atoms with Gasteiger partial charge in [-0.05, 0) is 30.3 Å². The molecule has 0 aliphatic carbocycles. The number of aromatic nitrogens is 1. The van der Waals surface area contributed by atoms with E-state index in [9.17, 15) is 10.1 Å². The Hall–Kier alpha value is -3.00. The van der Waals surface area contributed by atoms with Crippen molar-refractivity contribution in [3.05, 3.63) is 59.9 Å². The van der Waals surface area contributed by atoms with Gasteiger partial charge in [0, 0.05) is 43.8 Å². The van der Waals surface area contributed by atoms with Crippen molar-refractivity contribution < 1.29 is 4.79 Å². The Morgan fingerprint density at radius 1 is 1.09 bits per heavy atom. The van der Waals surface area contributed by atoms with Crippen molar-refractivity contribution in [3.63, 3.8) is 0 Å². The van der Waals surface area contributed by atoms with Crippen molar-refractivity contribution in [3.8, 4) is 6.07 Å². The van der Waals surface area contributed by atoms with Gasteiger partial charge >= 0.3 is 0 Å². The van der Waals surface area contributed by atoms with Gasteiger partial charge in [0.2, 0.25) is 0 Å². The summed E-state index contributed by atoms with van der Waals surface area (Å²) < 4.78 is 0. The fourth-order valence-corrected chi connectivity index (χ4v) is 2.71. The van der Waals surface area contributed by atoms with E-state index >= 15 is 0 Å². The lowest BCUT2D eigenvalue weighted by Crippen LogP contribution is -2.49. The second-order valence-corrected chi connectivity index (χ2v) is 5.41. The van der Waals surface area contributed by atoms with Gasteiger partial charge in [-0.25, -0.2) is 0 Å². The summed E-state index contributed by atoms with van der Waals surface area (Å²) in [5.41, 5.74) is 2.10. The number of amides is 1. The zero-order valence-electron chi connectivity index (χ0n) is 12.8. The summed E-state index contributed by atoms with van der Waals surface area (Å²) >= 11 is 0. The second kappa shape index (κ2) is 6.84. The van der Waals surface area contributed by atoms with E-state index in [1.54, 1.807) is 17.2 Å². The van der Waals surface area contributed by atoms with Crippen LogP contribution in [-0.4, -0.2) is 42.0 Å². The molecule has 1 aromatic heterocycles. The summed E-state index contributed by atoms with van der Waals surface area (Å²) in [6, 6.07) is 15.9. The van der Waals surface area contributed by atoms with Gasteiger partial charge in [0.15, 0.2) is 0 Å². The molecule has 0 unspecified atom stereocenters. The number of nitrogens with one attached hydrogen (secondary N) is 1. The number of hydrogen-bond acceptors (Lipinski definition) is 3. The first-order chi connectivity index (χ1) is 11.3. The number of piperazine rings is 1. The standard InChI is InChI=1S/C18H18N4O/c19-14-15(13-16-5-4-8-20-16)18(23)22-11-9-21(10-12-22)17-6-2-1-3-7-17/h1-8,13,20H,9-12H2. The number of nitrogens with zero attached hydrogens (tertiary/aromatic N) is 3. The van der Waals surface area contributed by atoms with E-state index in [1.165, 1.54) is 5.69 Å². The molecule has 1 amide bonds. The zero-order chi connectivity index (χ0) is 16.1. The third-order valence-corrected chi connectivity index (χ3v) is 3.96. The van der Waals surface area contributed by atoms with Crippen LogP contribution in [0.3, 0.4) is 0 Å². The highest BCUT2D eigenvalue weighted by atomic mass is 16.2. The maximum atomic E-state index is 12.5. The second-order valence-electron chi connectivity index (χ2n) is 5.41. The maximum absolute atomic E-state index is 12.5. The molecule has 0 saturated carbocycles. The molecule has 116 valence electrons. The normalized spacial score (nSPS) is 15.3. The first-order valence-corrected chi connectivity index (χ1v) is 7.62. The number of benzene rings is 1. The van der Waals surface area contributed by atoms with Crippen LogP contribution in [0.15, 0.2) is 54.2 Å². The van der Waals surface area contributed by atoms with Gasteiger partial charge in [0.1, 0.15) is 11.6 Å². The number of anilines is 1. The first-order valence-electron chi connectivity index (χ1n) is 7.62. The van der Waals surface area contributed by atoms with Crippen LogP contribution < -0.4 is 4.90 Å². The number of hydrogen-bond donors (Lipinski definition) is 1. The lowest BCUT2D eigenvalue weighted by atomic mass is 10.2. The van der Waals surface area contributed by atoms with E-state index in [-0.39, 0.29) is 11.5 Å². The molecule has 1 N–H and O–H groups in total. The minimum atomic E-state index is -0.199. The minimum absolute atomic E-state index is 0.167. The topological polar surface area (TPSA) is 63.1 Å². The maximum Gasteiger partial charge on any atom is 0.264 e. The van der Waals surface area contributed by atoms with Crippen LogP contribution in [0, 0.1) is 11.3 Å². The van der Waals surface area contributed by atoms with Crippen LogP contribution in [0.5, 0.6) is 0 Å². The molecule has 5 nitrogen and oxygen atoms in total. The average Bonchev–Trinajstić information content (AvgIpc) is 3.13. The highest BCUT2D eigenvalue weighted by Gasteiger charge is 2.23. The molecule has 23 heavy (non-hydrogen) atoms. The molecule has 1 aliphatic rings. The van der Waals surface area contributed by atoms with Crippen molar-refractivity contribution in [2.24, 2.45) is 0 Å². The number of H-pyrrole nitrogens is 1. The van der Waals surface area contributed by atoms with Gasteiger partial charge in [0.25, 0.3) is 5.91 Å². The molecule has 1 aliphatic heterocycles. The number of carbonyl (C=O) groups excluding carboxylic acids is 1. The van der Waals surface area contributed by atoms with Crippen LogP contribution in [0.25, 0.3) is 6.08 Å². The molecule has 3 rings (SSSR count). The van der Waals surface area contributed by atoms with Crippen molar-refractivity contribution in [1.29, 1.82) is 5.26 Å². The Bertz CT molecular complexity index is 720. The molecule has 1 aromatic carbocycles. The molecular weight excluding hydrogens is 288 g/mol. The number of aromatic amines is 1. The fourth-order valence-electron chi connectivity index (χ4n) is 2.71. The van der Waals surface area contributed by atoms with Crippen molar-refractivity contribution >= 4 is 17.7 Å². The van der Waals surface area contributed by atoms with Gasteiger partial charge in [-0.2, -0.15) is 5.26 Å². The number of carbonyl (C=O) groups is 1. The molecule has 2 heterocycles. The first kappa shape index (κ1) is 14.9. The highest BCUT2D eigenvalue weighted by Crippen LogP contribution is 2.17. The number of para-hydroxylation sites is 1. The SMILES string of the molecule is N#CC(=Cc1ccc[nH]1)C(=O)N1CCN(c2ccccc2)CC1. The quantitative estimate of drug-likeness (QED) is 0.699. The zero-order valence-corrected chi connectivity index (χ0v) is 12.8. The number of nitriles is 1. The van der Waals surface area contributed by atoms with E-state index < -0.39 is 0 Å². The van der Waals surface area contributed by atoms with Crippen molar-refractivity contribution in [2.75, 3.05) is 31.1 Å². The van der Waals surface area contributed by atoms with Crippen LogP contribution in [0.4, 0.5) is 5.69 Å². The molecule has 0 bridgehead atoms. The van der Waals surface area contributed by atoms with Crippen LogP contribution in [0.1, 0.15) is 5.69 Å². The highest BCUT2D eigenvalue weighted by molar-refractivity contribution is 6.01. The van der Waals surface area contributed by atoms with Gasteiger partial charge < -0.3 is 14.8 Å². The third kappa shape index (κ3) is 3.43. The van der Waals surface area contributed by atoms with Gasteiger partial charge in [-0.3, -0.25) is 4.79 Å². The van der Waals surface area contributed by atoms with Gasteiger partial charge in [-0.1, -0.05) is 18.2 Å². The molecule has 1 fully saturated rings. The van der Waals surface area contributed by atoms with E-state index in [1.807, 2.05) is 36.4 Å². The Morgan fingerprint density at radius 2 is 1.83 bits per heavy atom. The lowest BCUT2D eigenvalue weighted by molar-refractivity contribution is -0.126. The van der Waals surface area contributed by atoms with Gasteiger partial charge in [0.05, 0.1) is 0 Å². The van der Waals surface area contributed by atoms with Gasteiger partial charge in [-0.15, -0.1) is 0 Å². The predicted molar refractivity (Wildman–Crippen MR) is 89.6 cm³/mol.